The van der Waals surface area contributed by atoms with Crippen LogP contribution in [0.15, 0.2) is 24.3 Å². The lowest BCUT2D eigenvalue weighted by Gasteiger charge is -2.32. The highest BCUT2D eigenvalue weighted by Gasteiger charge is 2.48. The highest BCUT2D eigenvalue weighted by Crippen LogP contribution is 2.41. The molecule has 2 unspecified atom stereocenters. The van der Waals surface area contributed by atoms with Crippen LogP contribution in [0.1, 0.15) is 37.7 Å². The first kappa shape index (κ1) is 18.3. The Morgan fingerprint density at radius 1 is 1.12 bits per heavy atom. The number of amides is 1. The topological polar surface area (TPSA) is 66.4 Å². The van der Waals surface area contributed by atoms with Crippen molar-refractivity contribution in [1.82, 2.24) is 0 Å². The Balaban J connectivity index is 1.99. The van der Waals surface area contributed by atoms with Gasteiger partial charge in [-0.3, -0.25) is 9.59 Å². The van der Waals surface area contributed by atoms with E-state index in [0.717, 1.165) is 5.56 Å². The van der Waals surface area contributed by atoms with E-state index in [2.05, 4.69) is 5.32 Å². The zero-order chi connectivity index (χ0) is 17.7. The maximum absolute atomic E-state index is 13.1. The monoisotopic (exact) mass is 343 g/mol. The van der Waals surface area contributed by atoms with Gasteiger partial charge in [-0.2, -0.15) is 13.2 Å². The number of hydrogen-bond acceptors (Lipinski definition) is 2. The number of carboxylic acids is 1. The van der Waals surface area contributed by atoms with Crippen LogP contribution in [-0.4, -0.2) is 23.2 Å². The summed E-state index contributed by atoms with van der Waals surface area (Å²) in [4.78, 5) is 22.8. The third-order valence-electron chi connectivity index (χ3n) is 4.37. The molecule has 132 valence electrons. The van der Waals surface area contributed by atoms with Crippen LogP contribution in [0.4, 0.5) is 18.9 Å². The summed E-state index contributed by atoms with van der Waals surface area (Å²) < 4.78 is 39.2. The van der Waals surface area contributed by atoms with Gasteiger partial charge in [0.1, 0.15) is 0 Å². The fourth-order valence-electron chi connectivity index (χ4n) is 3.08. The van der Waals surface area contributed by atoms with Crippen LogP contribution in [-0.2, 0) is 16.0 Å². The molecule has 7 heteroatoms. The summed E-state index contributed by atoms with van der Waals surface area (Å²) in [6.07, 6.45) is -2.64. The number of anilines is 1. The van der Waals surface area contributed by atoms with Gasteiger partial charge in [-0.05, 0) is 37.0 Å². The number of halogens is 3. The number of nitrogens with one attached hydrogen (secondary N) is 1. The largest absolute Gasteiger partial charge is 0.481 e. The first-order chi connectivity index (χ1) is 11.3. The van der Waals surface area contributed by atoms with Crippen molar-refractivity contribution < 1.29 is 27.9 Å². The van der Waals surface area contributed by atoms with Gasteiger partial charge in [0.25, 0.3) is 0 Å². The van der Waals surface area contributed by atoms with Crippen molar-refractivity contribution >= 4 is 17.6 Å². The number of benzene rings is 1. The average Bonchev–Trinajstić information content (AvgIpc) is 2.53. The smallest absolute Gasteiger partial charge is 0.392 e. The Bertz CT molecular complexity index is 584. The molecule has 1 aliphatic rings. The number of alkyl halides is 3. The molecule has 0 bridgehead atoms. The zero-order valence-corrected chi connectivity index (χ0v) is 13.1. The lowest BCUT2D eigenvalue weighted by Crippen LogP contribution is -2.39. The minimum absolute atomic E-state index is 0.00103. The predicted octanol–water partition coefficient (Wildman–Crippen LogP) is 4.01. The standard InChI is InChI=1S/C17H20F3NO3/c18-17(19,20)14-4-2-1-3-13(14)16(24)21-12-8-5-11(6-9-12)7-10-15(22)23/h5-6,8-9,13-14H,1-4,7,10H2,(H,21,24)(H,22,23). The molecule has 2 N–H and O–H groups in total. The zero-order valence-electron chi connectivity index (χ0n) is 13.1. The van der Waals surface area contributed by atoms with E-state index in [9.17, 15) is 22.8 Å². The van der Waals surface area contributed by atoms with Gasteiger partial charge in [0.2, 0.25) is 5.91 Å². The van der Waals surface area contributed by atoms with Crippen molar-refractivity contribution in [1.29, 1.82) is 0 Å². The summed E-state index contributed by atoms with van der Waals surface area (Å²) in [6.45, 7) is 0. The van der Waals surface area contributed by atoms with Gasteiger partial charge in [0.05, 0.1) is 5.92 Å². The van der Waals surface area contributed by atoms with Gasteiger partial charge in [0, 0.05) is 18.0 Å². The van der Waals surface area contributed by atoms with Crippen LogP contribution < -0.4 is 5.32 Å². The summed E-state index contributed by atoms with van der Waals surface area (Å²) in [5.74, 6) is -4.13. The number of carbonyl (C=O) groups is 2. The van der Waals surface area contributed by atoms with Crippen LogP contribution in [0.5, 0.6) is 0 Å². The Hall–Kier alpha value is -2.05. The maximum Gasteiger partial charge on any atom is 0.392 e. The van der Waals surface area contributed by atoms with Crippen molar-refractivity contribution in [2.24, 2.45) is 11.8 Å². The van der Waals surface area contributed by atoms with E-state index in [4.69, 9.17) is 5.11 Å². The second-order valence-corrected chi connectivity index (χ2v) is 6.12. The van der Waals surface area contributed by atoms with Gasteiger partial charge in [-0.25, -0.2) is 0 Å². The molecule has 0 saturated heterocycles. The molecule has 1 aromatic rings. The van der Waals surface area contributed by atoms with E-state index in [1.165, 1.54) is 0 Å². The summed E-state index contributed by atoms with van der Waals surface area (Å²) in [5.41, 5.74) is 1.21. The molecule has 0 spiro atoms. The molecule has 0 heterocycles. The fourth-order valence-corrected chi connectivity index (χ4v) is 3.08. The number of carbonyl (C=O) groups excluding carboxylic acids is 1. The Kier molecular flexibility index (Phi) is 5.85. The highest BCUT2D eigenvalue weighted by atomic mass is 19.4. The van der Waals surface area contributed by atoms with E-state index < -0.39 is 29.9 Å². The number of carboxylic acid groups (broad SMARTS) is 1. The number of rotatable bonds is 5. The van der Waals surface area contributed by atoms with E-state index in [1.54, 1.807) is 24.3 Å². The van der Waals surface area contributed by atoms with Gasteiger partial charge in [0.15, 0.2) is 0 Å². The van der Waals surface area contributed by atoms with Crippen molar-refractivity contribution in [3.63, 3.8) is 0 Å². The average molecular weight is 343 g/mol. The minimum atomic E-state index is -4.36. The number of aryl methyl sites for hydroxylation is 1. The van der Waals surface area contributed by atoms with E-state index in [-0.39, 0.29) is 19.3 Å². The fraction of sp³-hybridized carbons (Fsp3) is 0.529. The number of hydrogen-bond donors (Lipinski definition) is 2. The minimum Gasteiger partial charge on any atom is -0.481 e. The van der Waals surface area contributed by atoms with Crippen LogP contribution in [0.25, 0.3) is 0 Å². The van der Waals surface area contributed by atoms with Crippen molar-refractivity contribution in [2.45, 2.75) is 44.7 Å². The van der Waals surface area contributed by atoms with Crippen LogP contribution in [0.3, 0.4) is 0 Å². The third-order valence-corrected chi connectivity index (χ3v) is 4.37. The quantitative estimate of drug-likeness (QED) is 0.849. The Morgan fingerprint density at radius 3 is 2.33 bits per heavy atom. The predicted molar refractivity (Wildman–Crippen MR) is 82.5 cm³/mol. The molecule has 1 amide bonds. The molecule has 2 atom stereocenters. The van der Waals surface area contributed by atoms with Gasteiger partial charge in [-0.1, -0.05) is 25.0 Å². The van der Waals surface area contributed by atoms with Gasteiger partial charge >= 0.3 is 12.1 Å². The van der Waals surface area contributed by atoms with E-state index in [1.807, 2.05) is 0 Å². The molecule has 2 rings (SSSR count). The summed E-state index contributed by atoms with van der Waals surface area (Å²) in [5, 5.41) is 11.2. The SMILES string of the molecule is O=C(O)CCc1ccc(NC(=O)C2CCCCC2C(F)(F)F)cc1. The molecule has 24 heavy (non-hydrogen) atoms. The molecular formula is C17H20F3NO3. The van der Waals surface area contributed by atoms with Crippen molar-refractivity contribution in [3.8, 4) is 0 Å². The molecule has 0 radical (unpaired) electrons. The molecule has 1 saturated carbocycles. The number of aliphatic carboxylic acids is 1. The first-order valence-electron chi connectivity index (χ1n) is 7.95. The highest BCUT2D eigenvalue weighted by molar-refractivity contribution is 5.92. The second-order valence-electron chi connectivity index (χ2n) is 6.12. The maximum atomic E-state index is 13.1. The van der Waals surface area contributed by atoms with Crippen molar-refractivity contribution in [3.05, 3.63) is 29.8 Å². The summed E-state index contributed by atoms with van der Waals surface area (Å²) >= 11 is 0. The van der Waals surface area contributed by atoms with Crippen LogP contribution in [0.2, 0.25) is 0 Å². The second kappa shape index (κ2) is 7.68. The normalized spacial score (nSPS) is 21.3. The molecule has 0 aliphatic heterocycles. The Labute approximate surface area is 138 Å². The molecule has 4 nitrogen and oxygen atoms in total. The first-order valence-corrected chi connectivity index (χ1v) is 7.95. The summed E-state index contributed by atoms with van der Waals surface area (Å²) in [6, 6.07) is 6.50. The van der Waals surface area contributed by atoms with Crippen molar-refractivity contribution in [2.75, 3.05) is 5.32 Å². The Morgan fingerprint density at radius 2 is 1.75 bits per heavy atom. The van der Waals surface area contributed by atoms with Gasteiger partial charge < -0.3 is 10.4 Å². The summed E-state index contributed by atoms with van der Waals surface area (Å²) in [7, 11) is 0. The molecule has 1 aliphatic carbocycles. The molecule has 1 aromatic carbocycles. The third kappa shape index (κ3) is 4.97. The van der Waals surface area contributed by atoms with E-state index in [0.29, 0.717) is 24.9 Å². The molecular weight excluding hydrogens is 323 g/mol. The van der Waals surface area contributed by atoms with E-state index >= 15 is 0 Å². The molecule has 1 fully saturated rings. The van der Waals surface area contributed by atoms with Crippen LogP contribution >= 0.6 is 0 Å². The van der Waals surface area contributed by atoms with Gasteiger partial charge in [-0.15, -0.1) is 0 Å². The van der Waals surface area contributed by atoms with Crippen LogP contribution in [0, 0.1) is 11.8 Å². The lowest BCUT2D eigenvalue weighted by atomic mass is 9.78. The lowest BCUT2D eigenvalue weighted by molar-refractivity contribution is -0.197. The molecule has 0 aromatic heterocycles.